The Hall–Kier alpha value is -0.900. The van der Waals surface area contributed by atoms with Crippen molar-refractivity contribution in [3.63, 3.8) is 0 Å². The molecule has 0 unspecified atom stereocenters. The SMILES string of the molecule is C=C(C)c1cc(I)c2ccccc2n1. The zero-order valence-electron chi connectivity index (χ0n) is 7.92. The van der Waals surface area contributed by atoms with Gasteiger partial charge in [-0.1, -0.05) is 24.8 Å². The molecule has 2 aromatic rings. The third-order valence-corrected chi connectivity index (χ3v) is 3.00. The van der Waals surface area contributed by atoms with E-state index in [1.54, 1.807) is 0 Å². The van der Waals surface area contributed by atoms with Crippen LogP contribution < -0.4 is 0 Å². The Morgan fingerprint density at radius 2 is 2.07 bits per heavy atom. The summed E-state index contributed by atoms with van der Waals surface area (Å²) in [5.74, 6) is 0. The lowest BCUT2D eigenvalue weighted by molar-refractivity contribution is 1.33. The van der Waals surface area contributed by atoms with E-state index in [1.807, 2.05) is 25.1 Å². The Balaban J connectivity index is 2.78. The number of pyridine rings is 1. The van der Waals surface area contributed by atoms with Gasteiger partial charge in [0.15, 0.2) is 0 Å². The van der Waals surface area contributed by atoms with Gasteiger partial charge in [-0.3, -0.25) is 0 Å². The number of rotatable bonds is 1. The smallest absolute Gasteiger partial charge is 0.0720 e. The lowest BCUT2D eigenvalue weighted by Crippen LogP contribution is -1.89. The van der Waals surface area contributed by atoms with E-state index in [-0.39, 0.29) is 0 Å². The molecular formula is C12H10IN. The largest absolute Gasteiger partial charge is 0.248 e. The van der Waals surface area contributed by atoms with E-state index in [4.69, 9.17) is 0 Å². The quantitative estimate of drug-likeness (QED) is 0.728. The van der Waals surface area contributed by atoms with Crippen LogP contribution in [0.25, 0.3) is 16.5 Å². The highest BCUT2D eigenvalue weighted by Crippen LogP contribution is 2.22. The third kappa shape index (κ3) is 1.66. The number of benzene rings is 1. The van der Waals surface area contributed by atoms with Gasteiger partial charge in [-0.2, -0.15) is 0 Å². The van der Waals surface area contributed by atoms with E-state index in [1.165, 1.54) is 8.96 Å². The number of hydrogen-bond donors (Lipinski definition) is 0. The first-order valence-corrected chi connectivity index (χ1v) is 5.47. The topological polar surface area (TPSA) is 12.9 Å². The minimum Gasteiger partial charge on any atom is -0.248 e. The molecule has 0 saturated heterocycles. The number of fused-ring (bicyclic) bond motifs is 1. The molecule has 1 heterocycles. The van der Waals surface area contributed by atoms with E-state index < -0.39 is 0 Å². The molecule has 0 aliphatic carbocycles. The van der Waals surface area contributed by atoms with Crippen LogP contribution in [0.4, 0.5) is 0 Å². The number of halogens is 1. The molecule has 1 aromatic heterocycles. The standard InChI is InChI=1S/C12H10IN/c1-8(2)12-7-10(13)9-5-3-4-6-11(9)14-12/h3-7H,1H2,2H3. The van der Waals surface area contributed by atoms with Gasteiger partial charge < -0.3 is 0 Å². The summed E-state index contributed by atoms with van der Waals surface area (Å²) in [7, 11) is 0. The second-order valence-electron chi connectivity index (χ2n) is 3.29. The van der Waals surface area contributed by atoms with Crippen LogP contribution in [0.5, 0.6) is 0 Å². The van der Waals surface area contributed by atoms with Crippen molar-refractivity contribution in [2.24, 2.45) is 0 Å². The molecule has 2 rings (SSSR count). The van der Waals surface area contributed by atoms with Gasteiger partial charge in [-0.25, -0.2) is 4.98 Å². The molecule has 1 aromatic carbocycles. The van der Waals surface area contributed by atoms with Gasteiger partial charge in [0.1, 0.15) is 0 Å². The molecule has 2 heteroatoms. The van der Waals surface area contributed by atoms with Crippen LogP contribution in [-0.4, -0.2) is 4.98 Å². The van der Waals surface area contributed by atoms with E-state index in [0.717, 1.165) is 16.8 Å². The molecule has 0 radical (unpaired) electrons. The fraction of sp³-hybridized carbons (Fsp3) is 0.0833. The Labute approximate surface area is 97.0 Å². The monoisotopic (exact) mass is 295 g/mol. The fourth-order valence-corrected chi connectivity index (χ4v) is 2.10. The number of aromatic nitrogens is 1. The Kier molecular flexibility index (Phi) is 2.54. The van der Waals surface area contributed by atoms with Gasteiger partial charge in [0.2, 0.25) is 0 Å². The Bertz CT molecular complexity index is 503. The zero-order chi connectivity index (χ0) is 10.1. The summed E-state index contributed by atoms with van der Waals surface area (Å²) in [6.45, 7) is 5.89. The lowest BCUT2D eigenvalue weighted by Gasteiger charge is -2.04. The van der Waals surface area contributed by atoms with E-state index in [9.17, 15) is 0 Å². The highest BCUT2D eigenvalue weighted by molar-refractivity contribution is 14.1. The minimum absolute atomic E-state index is 0.980. The molecule has 14 heavy (non-hydrogen) atoms. The van der Waals surface area contributed by atoms with Crippen molar-refractivity contribution in [1.29, 1.82) is 0 Å². The van der Waals surface area contributed by atoms with Crippen molar-refractivity contribution >= 4 is 39.1 Å². The molecule has 0 aliphatic heterocycles. The molecule has 70 valence electrons. The summed E-state index contributed by atoms with van der Waals surface area (Å²) in [6, 6.07) is 10.2. The maximum Gasteiger partial charge on any atom is 0.0720 e. The summed E-state index contributed by atoms with van der Waals surface area (Å²) in [4.78, 5) is 4.53. The second kappa shape index (κ2) is 3.69. The van der Waals surface area contributed by atoms with Gasteiger partial charge in [0.05, 0.1) is 11.2 Å². The van der Waals surface area contributed by atoms with E-state index in [2.05, 4.69) is 46.3 Å². The lowest BCUT2D eigenvalue weighted by atomic mass is 10.1. The van der Waals surface area contributed by atoms with E-state index >= 15 is 0 Å². The molecule has 0 spiro atoms. The zero-order valence-corrected chi connectivity index (χ0v) is 10.1. The van der Waals surface area contributed by atoms with Gasteiger partial charge in [0.25, 0.3) is 0 Å². The van der Waals surface area contributed by atoms with Crippen LogP contribution in [0.3, 0.4) is 0 Å². The first-order valence-electron chi connectivity index (χ1n) is 4.39. The summed E-state index contributed by atoms with van der Waals surface area (Å²) in [5, 5.41) is 1.21. The Morgan fingerprint density at radius 3 is 2.79 bits per heavy atom. The van der Waals surface area contributed by atoms with E-state index in [0.29, 0.717) is 0 Å². The maximum atomic E-state index is 4.53. The highest BCUT2D eigenvalue weighted by atomic mass is 127. The fourth-order valence-electron chi connectivity index (χ4n) is 1.35. The average Bonchev–Trinajstić information content (AvgIpc) is 2.17. The molecule has 0 amide bonds. The Morgan fingerprint density at radius 1 is 1.36 bits per heavy atom. The summed E-state index contributed by atoms with van der Waals surface area (Å²) >= 11 is 2.34. The average molecular weight is 295 g/mol. The van der Waals surface area contributed by atoms with Crippen LogP contribution in [0.2, 0.25) is 0 Å². The third-order valence-electron chi connectivity index (χ3n) is 2.10. The first-order chi connectivity index (χ1) is 6.68. The summed E-state index contributed by atoms with van der Waals surface area (Å²) < 4.78 is 1.23. The summed E-state index contributed by atoms with van der Waals surface area (Å²) in [6.07, 6.45) is 0. The van der Waals surface area contributed by atoms with Gasteiger partial charge in [-0.05, 0) is 47.2 Å². The molecule has 0 N–H and O–H groups in total. The van der Waals surface area contributed by atoms with Crippen LogP contribution in [-0.2, 0) is 0 Å². The highest BCUT2D eigenvalue weighted by Gasteiger charge is 2.02. The number of allylic oxidation sites excluding steroid dienone is 1. The predicted molar refractivity (Wildman–Crippen MR) is 69.2 cm³/mol. The normalized spacial score (nSPS) is 10.4. The van der Waals surface area contributed by atoms with Gasteiger partial charge >= 0.3 is 0 Å². The van der Waals surface area contributed by atoms with Crippen LogP contribution in [0.15, 0.2) is 36.9 Å². The van der Waals surface area contributed by atoms with Crippen molar-refractivity contribution in [1.82, 2.24) is 4.98 Å². The van der Waals surface area contributed by atoms with Crippen LogP contribution in [0.1, 0.15) is 12.6 Å². The van der Waals surface area contributed by atoms with Crippen molar-refractivity contribution in [3.05, 3.63) is 46.2 Å². The summed E-state index contributed by atoms with van der Waals surface area (Å²) in [5.41, 5.74) is 3.03. The van der Waals surface area contributed by atoms with Crippen LogP contribution >= 0.6 is 22.6 Å². The van der Waals surface area contributed by atoms with Crippen molar-refractivity contribution in [2.45, 2.75) is 6.92 Å². The number of para-hydroxylation sites is 1. The first kappa shape index (κ1) is 9.65. The molecule has 0 bridgehead atoms. The predicted octanol–water partition coefficient (Wildman–Crippen LogP) is 3.87. The minimum atomic E-state index is 0.980. The molecule has 0 atom stereocenters. The van der Waals surface area contributed by atoms with Gasteiger partial charge in [0, 0.05) is 8.96 Å². The van der Waals surface area contributed by atoms with Gasteiger partial charge in [-0.15, -0.1) is 0 Å². The molecule has 0 saturated carbocycles. The maximum absolute atomic E-state index is 4.53. The second-order valence-corrected chi connectivity index (χ2v) is 4.45. The molecular weight excluding hydrogens is 285 g/mol. The number of nitrogens with zero attached hydrogens (tertiary/aromatic N) is 1. The van der Waals surface area contributed by atoms with Crippen molar-refractivity contribution in [3.8, 4) is 0 Å². The molecule has 1 nitrogen and oxygen atoms in total. The molecule has 0 fully saturated rings. The van der Waals surface area contributed by atoms with Crippen molar-refractivity contribution < 1.29 is 0 Å². The molecule has 0 aliphatic rings. The van der Waals surface area contributed by atoms with Crippen LogP contribution in [0, 0.1) is 3.57 Å². The van der Waals surface area contributed by atoms with Crippen molar-refractivity contribution in [2.75, 3.05) is 0 Å². The number of hydrogen-bond acceptors (Lipinski definition) is 1.